The topological polar surface area (TPSA) is 17.1 Å². The van der Waals surface area contributed by atoms with Gasteiger partial charge in [0.1, 0.15) is 0 Å². The van der Waals surface area contributed by atoms with Gasteiger partial charge in [-0.15, -0.1) is 0 Å². The van der Waals surface area contributed by atoms with Crippen molar-refractivity contribution in [3.8, 4) is 0 Å². The maximum atomic E-state index is 11.5. The molecule has 1 spiro atoms. The van der Waals surface area contributed by atoms with Crippen LogP contribution >= 0.6 is 0 Å². The highest BCUT2D eigenvalue weighted by molar-refractivity contribution is 6.01. The van der Waals surface area contributed by atoms with E-state index >= 15 is 0 Å². The lowest BCUT2D eigenvalue weighted by molar-refractivity contribution is -0.110. The van der Waals surface area contributed by atoms with Crippen molar-refractivity contribution < 1.29 is 4.79 Å². The van der Waals surface area contributed by atoms with Gasteiger partial charge in [-0.05, 0) is 58.1 Å². The van der Waals surface area contributed by atoms with Gasteiger partial charge >= 0.3 is 0 Å². The smallest absolute Gasteiger partial charge is 0.178 e. The number of hydrogen-bond acceptors (Lipinski definition) is 1. The summed E-state index contributed by atoms with van der Waals surface area (Å²) in [6, 6.07) is 0. The third-order valence-corrected chi connectivity index (χ3v) is 4.44. The summed E-state index contributed by atoms with van der Waals surface area (Å²) < 4.78 is 0. The lowest BCUT2D eigenvalue weighted by atomic mass is 9.69. The minimum absolute atomic E-state index is 0.152. The minimum atomic E-state index is 0.152. The number of carbonyl (C=O) groups is 1. The van der Waals surface area contributed by atoms with Gasteiger partial charge in [-0.25, -0.2) is 0 Å². The van der Waals surface area contributed by atoms with Crippen molar-refractivity contribution in [2.24, 2.45) is 11.3 Å². The highest BCUT2D eigenvalue weighted by atomic mass is 16.1. The standard InChI is InChI=1S/C15H20O/c1-10(2)13-5-6-15(9-13)11(3)7-14(16)8-12(15)4/h7-8,13H,1,5-6,9H2,2-4H3/t13-/m1/s1. The number of allylic oxidation sites excluding steroid dienone is 5. The number of hydrogen-bond donors (Lipinski definition) is 0. The van der Waals surface area contributed by atoms with E-state index in [1.165, 1.54) is 29.6 Å². The zero-order valence-electron chi connectivity index (χ0n) is 10.5. The van der Waals surface area contributed by atoms with Crippen LogP contribution in [0.2, 0.25) is 0 Å². The summed E-state index contributed by atoms with van der Waals surface area (Å²) in [5.41, 5.74) is 3.95. The van der Waals surface area contributed by atoms with E-state index in [1.54, 1.807) is 0 Å². The minimum Gasteiger partial charge on any atom is -0.290 e. The number of ketones is 1. The van der Waals surface area contributed by atoms with Crippen LogP contribution in [0.5, 0.6) is 0 Å². The summed E-state index contributed by atoms with van der Waals surface area (Å²) in [5, 5.41) is 0. The molecule has 0 saturated heterocycles. The third kappa shape index (κ3) is 1.59. The van der Waals surface area contributed by atoms with Gasteiger partial charge in [0.15, 0.2) is 5.78 Å². The molecule has 0 amide bonds. The van der Waals surface area contributed by atoms with E-state index in [0.717, 1.165) is 6.42 Å². The molecule has 2 aliphatic rings. The third-order valence-electron chi connectivity index (χ3n) is 4.44. The molecule has 0 aromatic carbocycles. The molecular formula is C15H20O. The molecule has 0 aliphatic heterocycles. The van der Waals surface area contributed by atoms with Gasteiger partial charge in [0.2, 0.25) is 0 Å². The van der Waals surface area contributed by atoms with Crippen LogP contribution < -0.4 is 0 Å². The molecule has 0 radical (unpaired) electrons. The zero-order valence-corrected chi connectivity index (χ0v) is 10.5. The van der Waals surface area contributed by atoms with Gasteiger partial charge in [0.05, 0.1) is 0 Å². The van der Waals surface area contributed by atoms with Crippen LogP contribution in [0.1, 0.15) is 40.0 Å². The van der Waals surface area contributed by atoms with Crippen molar-refractivity contribution in [1.29, 1.82) is 0 Å². The monoisotopic (exact) mass is 216 g/mol. The predicted octanol–water partition coefficient (Wildman–Crippen LogP) is 3.82. The normalized spacial score (nSPS) is 27.9. The number of carbonyl (C=O) groups excluding carboxylic acids is 1. The molecule has 2 rings (SSSR count). The van der Waals surface area contributed by atoms with Gasteiger partial charge in [-0.2, -0.15) is 0 Å². The summed E-state index contributed by atoms with van der Waals surface area (Å²) >= 11 is 0. The first-order chi connectivity index (χ1) is 7.45. The van der Waals surface area contributed by atoms with Crippen molar-refractivity contribution in [1.82, 2.24) is 0 Å². The van der Waals surface area contributed by atoms with Crippen molar-refractivity contribution >= 4 is 5.78 Å². The fourth-order valence-electron chi connectivity index (χ4n) is 3.24. The Morgan fingerprint density at radius 3 is 2.38 bits per heavy atom. The molecule has 0 aromatic rings. The molecule has 1 nitrogen and oxygen atoms in total. The Kier molecular flexibility index (Phi) is 2.65. The lowest BCUT2D eigenvalue weighted by Gasteiger charge is -2.34. The van der Waals surface area contributed by atoms with E-state index < -0.39 is 0 Å². The quantitative estimate of drug-likeness (QED) is 0.609. The first-order valence-electron chi connectivity index (χ1n) is 6.02. The van der Waals surface area contributed by atoms with Gasteiger partial charge in [-0.1, -0.05) is 23.3 Å². The van der Waals surface area contributed by atoms with E-state index in [2.05, 4.69) is 27.4 Å². The highest BCUT2D eigenvalue weighted by Gasteiger charge is 2.43. The van der Waals surface area contributed by atoms with E-state index in [4.69, 9.17) is 0 Å². The Hall–Kier alpha value is -1.11. The summed E-state index contributed by atoms with van der Waals surface area (Å²) in [4.78, 5) is 11.5. The Balaban J connectivity index is 2.33. The van der Waals surface area contributed by atoms with Crippen LogP contribution in [-0.2, 0) is 4.79 Å². The van der Waals surface area contributed by atoms with Crippen molar-refractivity contribution in [2.75, 3.05) is 0 Å². The molecule has 1 atom stereocenters. The van der Waals surface area contributed by atoms with E-state index in [9.17, 15) is 4.79 Å². The molecule has 0 aromatic heterocycles. The predicted molar refractivity (Wildman–Crippen MR) is 67.1 cm³/mol. The Morgan fingerprint density at radius 2 is 1.94 bits per heavy atom. The van der Waals surface area contributed by atoms with Gasteiger partial charge in [-0.3, -0.25) is 4.79 Å². The maximum absolute atomic E-state index is 11.5. The average Bonchev–Trinajstić information content (AvgIpc) is 2.60. The molecule has 1 heteroatoms. The van der Waals surface area contributed by atoms with Gasteiger partial charge in [0, 0.05) is 5.41 Å². The van der Waals surface area contributed by atoms with E-state index in [-0.39, 0.29) is 11.2 Å². The average molecular weight is 216 g/mol. The molecule has 0 N–H and O–H groups in total. The largest absolute Gasteiger partial charge is 0.290 e. The van der Waals surface area contributed by atoms with Gasteiger partial charge in [0.25, 0.3) is 0 Å². The Labute approximate surface area is 97.9 Å². The molecule has 16 heavy (non-hydrogen) atoms. The fourth-order valence-corrected chi connectivity index (χ4v) is 3.24. The lowest BCUT2D eigenvalue weighted by Crippen LogP contribution is -2.24. The van der Waals surface area contributed by atoms with E-state index in [0.29, 0.717) is 5.92 Å². The summed E-state index contributed by atoms with van der Waals surface area (Å²) in [7, 11) is 0. The Bertz CT molecular complexity index is 387. The highest BCUT2D eigenvalue weighted by Crippen LogP contribution is 2.54. The summed E-state index contributed by atoms with van der Waals surface area (Å²) in [6.45, 7) is 10.4. The maximum Gasteiger partial charge on any atom is 0.178 e. The van der Waals surface area contributed by atoms with Crippen molar-refractivity contribution in [3.05, 3.63) is 35.5 Å². The molecule has 0 unspecified atom stereocenters. The van der Waals surface area contributed by atoms with Crippen LogP contribution in [-0.4, -0.2) is 5.78 Å². The van der Waals surface area contributed by atoms with Crippen molar-refractivity contribution in [2.45, 2.75) is 40.0 Å². The summed E-state index contributed by atoms with van der Waals surface area (Å²) in [5.74, 6) is 0.777. The van der Waals surface area contributed by atoms with Crippen LogP contribution in [0.4, 0.5) is 0 Å². The van der Waals surface area contributed by atoms with Gasteiger partial charge < -0.3 is 0 Å². The molecular weight excluding hydrogens is 196 g/mol. The van der Waals surface area contributed by atoms with Crippen LogP contribution in [0.3, 0.4) is 0 Å². The molecule has 1 saturated carbocycles. The molecule has 0 bridgehead atoms. The first-order valence-corrected chi connectivity index (χ1v) is 6.02. The van der Waals surface area contributed by atoms with E-state index in [1.807, 2.05) is 12.2 Å². The molecule has 86 valence electrons. The zero-order chi connectivity index (χ0) is 11.9. The van der Waals surface area contributed by atoms with Crippen LogP contribution in [0, 0.1) is 11.3 Å². The second-order valence-electron chi connectivity index (χ2n) is 5.43. The second-order valence-corrected chi connectivity index (χ2v) is 5.43. The Morgan fingerprint density at radius 1 is 1.38 bits per heavy atom. The SMILES string of the molecule is C=C(C)[C@@H]1CCC2(C1)C(C)=CC(=O)C=C2C. The van der Waals surface area contributed by atoms with Crippen LogP contribution in [0.25, 0.3) is 0 Å². The molecule has 2 aliphatic carbocycles. The molecule has 0 heterocycles. The first kappa shape index (κ1) is 11.4. The summed E-state index contributed by atoms with van der Waals surface area (Å²) in [6.07, 6.45) is 7.14. The van der Waals surface area contributed by atoms with Crippen molar-refractivity contribution in [3.63, 3.8) is 0 Å². The molecule has 1 fully saturated rings. The number of rotatable bonds is 1. The van der Waals surface area contributed by atoms with Crippen LogP contribution in [0.15, 0.2) is 35.5 Å². The second kappa shape index (κ2) is 3.73. The fraction of sp³-hybridized carbons (Fsp3) is 0.533.